The molecule has 1 aliphatic rings. The van der Waals surface area contributed by atoms with Gasteiger partial charge >= 0.3 is 5.97 Å². The molecule has 0 radical (unpaired) electrons. The second-order valence-corrected chi connectivity index (χ2v) is 3.88. The maximum Gasteiger partial charge on any atom is 0.307 e. The molecule has 5 heteroatoms. The van der Waals surface area contributed by atoms with Gasteiger partial charge in [0.2, 0.25) is 5.91 Å². The van der Waals surface area contributed by atoms with Gasteiger partial charge in [-0.25, -0.2) is 0 Å². The van der Waals surface area contributed by atoms with Crippen LogP contribution in [0.15, 0.2) is 0 Å². The van der Waals surface area contributed by atoms with E-state index in [0.717, 1.165) is 12.8 Å². The minimum atomic E-state index is -0.318. The molecule has 0 spiro atoms. The van der Waals surface area contributed by atoms with Crippen LogP contribution in [0, 0.1) is 5.92 Å². The van der Waals surface area contributed by atoms with E-state index in [4.69, 9.17) is 5.73 Å². The highest BCUT2D eigenvalue weighted by atomic mass is 16.5. The summed E-state index contributed by atoms with van der Waals surface area (Å²) in [4.78, 5) is 22.0. The fourth-order valence-electron chi connectivity index (χ4n) is 1.38. The Morgan fingerprint density at radius 1 is 1.53 bits per heavy atom. The van der Waals surface area contributed by atoms with Gasteiger partial charge in [-0.2, -0.15) is 0 Å². The average Bonchev–Trinajstić information content (AvgIpc) is 3.00. The molecule has 0 aromatic carbocycles. The van der Waals surface area contributed by atoms with E-state index in [1.54, 1.807) is 0 Å². The van der Waals surface area contributed by atoms with Gasteiger partial charge < -0.3 is 15.8 Å². The van der Waals surface area contributed by atoms with Crippen molar-refractivity contribution in [2.75, 3.05) is 13.7 Å². The summed E-state index contributed by atoms with van der Waals surface area (Å²) in [7, 11) is 1.33. The molecule has 5 nitrogen and oxygen atoms in total. The molecule has 1 aliphatic carbocycles. The molecule has 0 aromatic heterocycles. The van der Waals surface area contributed by atoms with Crippen molar-refractivity contribution in [2.24, 2.45) is 11.7 Å². The molecule has 1 unspecified atom stereocenters. The summed E-state index contributed by atoms with van der Waals surface area (Å²) in [5.74, 6) is 0.122. The second kappa shape index (κ2) is 5.70. The van der Waals surface area contributed by atoms with Gasteiger partial charge in [0.05, 0.1) is 13.5 Å². The highest BCUT2D eigenvalue weighted by molar-refractivity contribution is 5.77. The number of ether oxygens (including phenoxy) is 1. The monoisotopic (exact) mass is 214 g/mol. The highest BCUT2D eigenvalue weighted by Crippen LogP contribution is 2.32. The van der Waals surface area contributed by atoms with Gasteiger partial charge in [0.25, 0.3) is 0 Å². The Hall–Kier alpha value is -1.10. The number of esters is 1. The number of hydrogen-bond donors (Lipinski definition) is 2. The molecule has 1 saturated carbocycles. The predicted molar refractivity (Wildman–Crippen MR) is 55.0 cm³/mol. The van der Waals surface area contributed by atoms with Crippen LogP contribution in [0.1, 0.15) is 25.7 Å². The van der Waals surface area contributed by atoms with Gasteiger partial charge in [0.15, 0.2) is 0 Å². The number of carbonyl (C=O) groups is 2. The molecule has 1 rings (SSSR count). The number of nitrogens with two attached hydrogens (primary N) is 1. The molecule has 15 heavy (non-hydrogen) atoms. The number of hydrogen-bond acceptors (Lipinski definition) is 4. The van der Waals surface area contributed by atoms with Crippen LogP contribution in [0.2, 0.25) is 0 Å². The van der Waals surface area contributed by atoms with E-state index in [1.165, 1.54) is 7.11 Å². The van der Waals surface area contributed by atoms with Crippen LogP contribution in [0.5, 0.6) is 0 Å². The summed E-state index contributed by atoms with van der Waals surface area (Å²) in [5, 5.41) is 2.64. The van der Waals surface area contributed by atoms with E-state index < -0.39 is 0 Å². The van der Waals surface area contributed by atoms with E-state index in [0.29, 0.717) is 18.9 Å². The maximum absolute atomic E-state index is 11.3. The summed E-state index contributed by atoms with van der Waals surface area (Å²) >= 11 is 0. The number of rotatable bonds is 6. The number of carbonyl (C=O) groups excluding carboxylic acids is 2. The Balaban J connectivity index is 2.05. The molecule has 0 aliphatic heterocycles. The van der Waals surface area contributed by atoms with Crippen LogP contribution in [0.4, 0.5) is 0 Å². The van der Waals surface area contributed by atoms with Crippen LogP contribution in [-0.4, -0.2) is 31.6 Å². The SMILES string of the molecule is COC(=O)CCNC(=O)CC(N)C1CC1. The molecule has 0 saturated heterocycles. The van der Waals surface area contributed by atoms with E-state index in [1.807, 2.05) is 0 Å². The summed E-state index contributed by atoms with van der Waals surface area (Å²) in [6.45, 7) is 0.322. The fourth-order valence-corrected chi connectivity index (χ4v) is 1.38. The predicted octanol–water partition coefficient (Wildman–Crippen LogP) is -0.207. The molecule has 0 heterocycles. The standard InChI is InChI=1S/C10H18N2O3/c1-15-10(14)4-5-12-9(13)6-8(11)7-2-3-7/h7-8H,2-6,11H2,1H3,(H,12,13). The first kappa shape index (κ1) is 12.0. The third-order valence-corrected chi connectivity index (χ3v) is 2.53. The normalized spacial score (nSPS) is 16.9. The Morgan fingerprint density at radius 3 is 2.73 bits per heavy atom. The van der Waals surface area contributed by atoms with Crippen molar-refractivity contribution in [3.8, 4) is 0 Å². The van der Waals surface area contributed by atoms with Gasteiger partial charge in [0.1, 0.15) is 0 Å². The molecule has 1 amide bonds. The highest BCUT2D eigenvalue weighted by Gasteiger charge is 2.29. The first-order chi connectivity index (χ1) is 7.13. The summed E-state index contributed by atoms with van der Waals surface area (Å²) in [6, 6.07) is -0.0249. The van der Waals surface area contributed by atoms with Crippen molar-refractivity contribution >= 4 is 11.9 Å². The van der Waals surface area contributed by atoms with E-state index in [9.17, 15) is 9.59 Å². The Bertz CT molecular complexity index is 239. The van der Waals surface area contributed by atoms with Gasteiger partial charge in [-0.3, -0.25) is 9.59 Å². The van der Waals surface area contributed by atoms with Crippen molar-refractivity contribution in [2.45, 2.75) is 31.7 Å². The van der Waals surface area contributed by atoms with Crippen molar-refractivity contribution in [1.29, 1.82) is 0 Å². The Morgan fingerprint density at radius 2 is 2.20 bits per heavy atom. The first-order valence-electron chi connectivity index (χ1n) is 5.22. The Labute approximate surface area is 89.3 Å². The van der Waals surface area contributed by atoms with Crippen molar-refractivity contribution in [3.63, 3.8) is 0 Å². The lowest BCUT2D eigenvalue weighted by Gasteiger charge is -2.09. The quantitative estimate of drug-likeness (QED) is 0.600. The molecule has 1 fully saturated rings. The maximum atomic E-state index is 11.3. The van der Waals surface area contributed by atoms with Gasteiger partial charge in [0, 0.05) is 19.0 Å². The van der Waals surface area contributed by atoms with Gasteiger partial charge in [-0.15, -0.1) is 0 Å². The zero-order valence-corrected chi connectivity index (χ0v) is 8.99. The molecular formula is C10H18N2O3. The number of methoxy groups -OCH3 is 1. The van der Waals surface area contributed by atoms with Crippen LogP contribution < -0.4 is 11.1 Å². The minimum Gasteiger partial charge on any atom is -0.469 e. The largest absolute Gasteiger partial charge is 0.469 e. The van der Waals surface area contributed by atoms with Crippen molar-refractivity contribution in [3.05, 3.63) is 0 Å². The van der Waals surface area contributed by atoms with Crippen LogP contribution in [0.25, 0.3) is 0 Å². The van der Waals surface area contributed by atoms with E-state index in [-0.39, 0.29) is 24.3 Å². The summed E-state index contributed by atoms with van der Waals surface area (Å²) < 4.78 is 4.45. The zero-order valence-electron chi connectivity index (χ0n) is 8.99. The summed E-state index contributed by atoms with van der Waals surface area (Å²) in [5.41, 5.74) is 5.79. The first-order valence-corrected chi connectivity index (χ1v) is 5.22. The van der Waals surface area contributed by atoms with E-state index in [2.05, 4.69) is 10.1 Å². The average molecular weight is 214 g/mol. The fraction of sp³-hybridized carbons (Fsp3) is 0.800. The molecule has 0 bridgehead atoms. The molecule has 1 atom stereocenters. The third-order valence-electron chi connectivity index (χ3n) is 2.53. The van der Waals surface area contributed by atoms with Crippen LogP contribution in [-0.2, 0) is 14.3 Å². The van der Waals surface area contributed by atoms with Crippen LogP contribution >= 0.6 is 0 Å². The lowest BCUT2D eigenvalue weighted by molar-refractivity contribution is -0.140. The molecular weight excluding hydrogens is 196 g/mol. The lowest BCUT2D eigenvalue weighted by Crippen LogP contribution is -2.34. The molecule has 3 N–H and O–H groups in total. The van der Waals surface area contributed by atoms with Gasteiger partial charge in [-0.05, 0) is 18.8 Å². The number of nitrogens with one attached hydrogen (secondary N) is 1. The lowest BCUT2D eigenvalue weighted by atomic mass is 10.1. The smallest absolute Gasteiger partial charge is 0.307 e. The zero-order chi connectivity index (χ0) is 11.3. The molecule has 0 aromatic rings. The van der Waals surface area contributed by atoms with Gasteiger partial charge in [-0.1, -0.05) is 0 Å². The van der Waals surface area contributed by atoms with Crippen molar-refractivity contribution in [1.82, 2.24) is 5.32 Å². The second-order valence-electron chi connectivity index (χ2n) is 3.88. The third kappa shape index (κ3) is 4.78. The Kier molecular flexibility index (Phi) is 4.55. The van der Waals surface area contributed by atoms with Crippen molar-refractivity contribution < 1.29 is 14.3 Å². The minimum absolute atomic E-state index is 0.0249. The number of amides is 1. The summed E-state index contributed by atoms with van der Waals surface area (Å²) in [6.07, 6.45) is 2.83. The topological polar surface area (TPSA) is 81.4 Å². The molecule has 86 valence electrons. The van der Waals surface area contributed by atoms with Crippen LogP contribution in [0.3, 0.4) is 0 Å². The van der Waals surface area contributed by atoms with E-state index >= 15 is 0 Å².